The fourth-order valence-corrected chi connectivity index (χ4v) is 6.83. The van der Waals surface area contributed by atoms with Crippen molar-refractivity contribution in [3.05, 3.63) is 106 Å². The number of hydrogen-bond donors (Lipinski definition) is 0. The molecule has 7 rings (SSSR count). The maximum atomic E-state index is 6.27. The van der Waals surface area contributed by atoms with E-state index in [1.807, 2.05) is 24.4 Å². The molecule has 0 saturated carbocycles. The Balaban J connectivity index is 1.51. The van der Waals surface area contributed by atoms with Crippen LogP contribution in [0.15, 0.2) is 79.1 Å². The molecule has 3 heteroatoms. The lowest BCUT2D eigenvalue weighted by Crippen LogP contribution is -2.34. The van der Waals surface area contributed by atoms with Crippen molar-refractivity contribution in [2.75, 3.05) is 0 Å². The summed E-state index contributed by atoms with van der Waals surface area (Å²) in [5, 5.41) is 1.92. The molecule has 2 heterocycles. The van der Waals surface area contributed by atoms with Gasteiger partial charge >= 0.3 is 0 Å². The SMILES string of the molecule is CC1(C)CCC(C)(C)c2cc3c(cc21)CCc1c(-c2ccc(Cl)cc2)cn(-c2cnc4ccccc4c2)c1-3. The monoisotopic (exact) mass is 516 g/mol. The van der Waals surface area contributed by atoms with Crippen molar-refractivity contribution in [1.82, 2.24) is 9.55 Å². The van der Waals surface area contributed by atoms with Gasteiger partial charge in [0.2, 0.25) is 0 Å². The van der Waals surface area contributed by atoms with Crippen molar-refractivity contribution in [1.29, 1.82) is 0 Å². The molecule has 0 bridgehead atoms. The molecule has 5 aromatic rings. The molecule has 0 spiro atoms. The normalized spacial score (nSPS) is 17.1. The van der Waals surface area contributed by atoms with Gasteiger partial charge < -0.3 is 4.57 Å². The first kappa shape index (κ1) is 23.7. The molecule has 2 aliphatic carbocycles. The summed E-state index contributed by atoms with van der Waals surface area (Å²) in [5.41, 5.74) is 13.6. The third-order valence-corrected chi connectivity index (χ3v) is 9.35. The average molecular weight is 517 g/mol. The van der Waals surface area contributed by atoms with Gasteiger partial charge in [0.15, 0.2) is 0 Å². The van der Waals surface area contributed by atoms with Gasteiger partial charge in [-0.1, -0.05) is 75.7 Å². The number of halogens is 1. The number of hydrogen-bond acceptors (Lipinski definition) is 1. The number of pyridine rings is 1. The fraction of sp³-hybridized carbons (Fsp3) is 0.286. The Morgan fingerprint density at radius 2 is 1.50 bits per heavy atom. The van der Waals surface area contributed by atoms with Gasteiger partial charge in [0.1, 0.15) is 0 Å². The highest BCUT2D eigenvalue weighted by atomic mass is 35.5. The van der Waals surface area contributed by atoms with Crippen LogP contribution < -0.4 is 0 Å². The molecule has 38 heavy (non-hydrogen) atoms. The molecule has 3 aromatic carbocycles. The predicted octanol–water partition coefficient (Wildman–Crippen LogP) is 9.46. The van der Waals surface area contributed by atoms with E-state index in [-0.39, 0.29) is 10.8 Å². The largest absolute Gasteiger partial charge is 0.314 e. The summed E-state index contributed by atoms with van der Waals surface area (Å²) in [4.78, 5) is 4.83. The van der Waals surface area contributed by atoms with E-state index < -0.39 is 0 Å². The first-order valence-corrected chi connectivity index (χ1v) is 14.1. The number of nitrogens with zero attached hydrogens (tertiary/aromatic N) is 2. The highest BCUT2D eigenvalue weighted by molar-refractivity contribution is 6.30. The Hall–Kier alpha value is -3.36. The summed E-state index contributed by atoms with van der Waals surface area (Å²) in [6, 6.07) is 24.0. The quantitative estimate of drug-likeness (QED) is 0.228. The topological polar surface area (TPSA) is 17.8 Å². The predicted molar refractivity (Wildman–Crippen MR) is 160 cm³/mol. The van der Waals surface area contributed by atoms with Gasteiger partial charge in [0.25, 0.3) is 0 Å². The Bertz CT molecular complexity index is 1720. The minimum absolute atomic E-state index is 0.165. The van der Waals surface area contributed by atoms with E-state index in [1.54, 1.807) is 5.56 Å². The number of aromatic nitrogens is 2. The third kappa shape index (κ3) is 3.65. The minimum Gasteiger partial charge on any atom is -0.314 e. The van der Waals surface area contributed by atoms with Crippen molar-refractivity contribution in [3.8, 4) is 28.1 Å². The summed E-state index contributed by atoms with van der Waals surface area (Å²) < 4.78 is 2.39. The molecule has 0 radical (unpaired) electrons. The summed E-state index contributed by atoms with van der Waals surface area (Å²) >= 11 is 6.27. The zero-order valence-corrected chi connectivity index (χ0v) is 23.4. The second-order valence-corrected chi connectivity index (χ2v) is 12.9. The van der Waals surface area contributed by atoms with Crippen molar-refractivity contribution >= 4 is 22.5 Å². The van der Waals surface area contributed by atoms with Gasteiger partial charge in [-0.25, -0.2) is 0 Å². The molecule has 0 fully saturated rings. The maximum absolute atomic E-state index is 6.27. The minimum atomic E-state index is 0.165. The number of fused-ring (bicyclic) bond motifs is 5. The first-order chi connectivity index (χ1) is 18.2. The van der Waals surface area contributed by atoms with Crippen LogP contribution in [-0.4, -0.2) is 9.55 Å². The first-order valence-electron chi connectivity index (χ1n) is 13.7. The van der Waals surface area contributed by atoms with Crippen LogP contribution in [0.4, 0.5) is 0 Å². The summed E-state index contributed by atoms with van der Waals surface area (Å²) in [7, 11) is 0. The maximum Gasteiger partial charge on any atom is 0.0703 e. The zero-order chi connectivity index (χ0) is 26.2. The molecule has 0 saturated heterocycles. The Kier molecular flexibility index (Phi) is 5.20. The fourth-order valence-electron chi connectivity index (χ4n) is 6.71. The number of rotatable bonds is 2. The molecule has 0 N–H and O–H groups in total. The van der Waals surface area contributed by atoms with Crippen LogP contribution in [0.2, 0.25) is 5.02 Å². The van der Waals surface area contributed by atoms with E-state index in [9.17, 15) is 0 Å². The number of para-hydroxylation sites is 1. The Labute approximate surface area is 230 Å². The lowest BCUT2D eigenvalue weighted by molar-refractivity contribution is 0.331. The lowest BCUT2D eigenvalue weighted by Gasteiger charge is -2.43. The molecule has 2 nitrogen and oxygen atoms in total. The smallest absolute Gasteiger partial charge is 0.0703 e. The van der Waals surface area contributed by atoms with Gasteiger partial charge in [-0.05, 0) is 94.7 Å². The molecule has 0 amide bonds. The van der Waals surface area contributed by atoms with Gasteiger partial charge in [-0.2, -0.15) is 0 Å². The molecule has 0 unspecified atom stereocenters. The summed E-state index contributed by atoms with van der Waals surface area (Å²) in [6.45, 7) is 9.68. The van der Waals surface area contributed by atoms with Crippen molar-refractivity contribution in [2.24, 2.45) is 0 Å². The van der Waals surface area contributed by atoms with Crippen LogP contribution in [0.3, 0.4) is 0 Å². The van der Waals surface area contributed by atoms with Crippen LogP contribution in [0.25, 0.3) is 39.0 Å². The molecule has 0 atom stereocenters. The van der Waals surface area contributed by atoms with Gasteiger partial charge in [-0.3, -0.25) is 4.98 Å². The lowest BCUT2D eigenvalue weighted by atomic mass is 9.62. The second-order valence-electron chi connectivity index (χ2n) is 12.5. The molecule has 190 valence electrons. The molecule has 2 aliphatic rings. The van der Waals surface area contributed by atoms with E-state index in [2.05, 4.69) is 87.0 Å². The van der Waals surface area contributed by atoms with E-state index >= 15 is 0 Å². The standard InChI is InChI=1S/C35H33ClN2/c1-34(2)15-16-35(3,4)31-19-28-23(18-30(31)34)11-14-27-29(22-9-12-25(36)13-10-22)21-38(33(27)28)26-17-24-7-5-6-8-32(24)37-20-26/h5-10,12-13,17-21H,11,14-16H2,1-4H3. The second kappa shape index (κ2) is 8.32. The highest BCUT2D eigenvalue weighted by Crippen LogP contribution is 2.50. The van der Waals surface area contributed by atoms with Gasteiger partial charge in [-0.15, -0.1) is 0 Å². The van der Waals surface area contributed by atoms with Crippen LogP contribution in [0.1, 0.15) is 62.8 Å². The molecule has 0 aliphatic heterocycles. The van der Waals surface area contributed by atoms with E-state index in [0.29, 0.717) is 0 Å². The van der Waals surface area contributed by atoms with Crippen molar-refractivity contribution in [2.45, 2.75) is 64.2 Å². The zero-order valence-electron chi connectivity index (χ0n) is 22.6. The van der Waals surface area contributed by atoms with E-state index in [1.165, 1.54) is 51.9 Å². The Morgan fingerprint density at radius 1 is 0.789 bits per heavy atom. The van der Waals surface area contributed by atoms with Crippen molar-refractivity contribution in [3.63, 3.8) is 0 Å². The van der Waals surface area contributed by atoms with E-state index in [0.717, 1.165) is 34.5 Å². The number of benzene rings is 3. The van der Waals surface area contributed by atoms with E-state index in [4.69, 9.17) is 16.6 Å². The number of aryl methyl sites for hydroxylation is 1. The Morgan fingerprint density at radius 3 is 2.26 bits per heavy atom. The van der Waals surface area contributed by atoms with Gasteiger partial charge in [0, 0.05) is 27.7 Å². The molecular formula is C35H33ClN2. The van der Waals surface area contributed by atoms with Crippen LogP contribution in [0, 0.1) is 0 Å². The summed E-state index contributed by atoms with van der Waals surface area (Å²) in [5.74, 6) is 0. The van der Waals surface area contributed by atoms with Crippen LogP contribution in [0.5, 0.6) is 0 Å². The summed E-state index contributed by atoms with van der Waals surface area (Å²) in [6.07, 6.45) is 8.88. The van der Waals surface area contributed by atoms with Crippen molar-refractivity contribution < 1.29 is 0 Å². The third-order valence-electron chi connectivity index (χ3n) is 9.10. The highest BCUT2D eigenvalue weighted by Gasteiger charge is 2.39. The van der Waals surface area contributed by atoms with Crippen LogP contribution in [-0.2, 0) is 23.7 Å². The average Bonchev–Trinajstić information content (AvgIpc) is 3.31. The molecular weight excluding hydrogens is 484 g/mol. The molecule has 2 aromatic heterocycles. The van der Waals surface area contributed by atoms with Gasteiger partial charge in [0.05, 0.1) is 23.1 Å². The van der Waals surface area contributed by atoms with Crippen LogP contribution >= 0.6 is 11.6 Å².